The molecule has 0 radical (unpaired) electrons. The average Bonchev–Trinajstić information content (AvgIpc) is 2.45. The highest BCUT2D eigenvalue weighted by Gasteiger charge is 2.25. The number of nitrogens with one attached hydrogen (secondary N) is 2. The van der Waals surface area contributed by atoms with Crippen LogP contribution in [-0.4, -0.2) is 17.9 Å². The maximum atomic E-state index is 13.2. The molecule has 0 saturated heterocycles. The van der Waals surface area contributed by atoms with Gasteiger partial charge in [0.05, 0.1) is 0 Å². The standard InChI is InChI=1S/C16H21FN2O2/c1-10-5-3-4-6-13(10)18-15(20)16(21)19-14-9-12(17)8-7-11(14)2/h7-10,13H,3-6H2,1-2H3,(H,18,20)(H,19,21)/t10-,13+/m1/s1. The van der Waals surface area contributed by atoms with Crippen molar-refractivity contribution in [3.8, 4) is 0 Å². The lowest BCUT2D eigenvalue weighted by atomic mass is 9.86. The number of hydrogen-bond acceptors (Lipinski definition) is 2. The van der Waals surface area contributed by atoms with Crippen LogP contribution in [0.5, 0.6) is 0 Å². The molecule has 1 saturated carbocycles. The zero-order chi connectivity index (χ0) is 15.4. The van der Waals surface area contributed by atoms with Crippen LogP contribution < -0.4 is 10.6 Å². The van der Waals surface area contributed by atoms with Crippen LogP contribution >= 0.6 is 0 Å². The molecule has 0 spiro atoms. The molecule has 4 nitrogen and oxygen atoms in total. The van der Waals surface area contributed by atoms with E-state index < -0.39 is 17.6 Å². The smallest absolute Gasteiger partial charge is 0.313 e. The van der Waals surface area contributed by atoms with Gasteiger partial charge in [0.15, 0.2) is 0 Å². The summed E-state index contributed by atoms with van der Waals surface area (Å²) in [5.74, 6) is -1.47. The van der Waals surface area contributed by atoms with E-state index in [9.17, 15) is 14.0 Å². The molecule has 2 rings (SSSR count). The summed E-state index contributed by atoms with van der Waals surface area (Å²) in [5, 5.41) is 5.24. The van der Waals surface area contributed by atoms with Gasteiger partial charge in [0.1, 0.15) is 5.82 Å². The summed E-state index contributed by atoms with van der Waals surface area (Å²) in [6.45, 7) is 3.83. The summed E-state index contributed by atoms with van der Waals surface area (Å²) in [6, 6.07) is 4.13. The van der Waals surface area contributed by atoms with Crippen LogP contribution in [0.15, 0.2) is 18.2 Å². The minimum Gasteiger partial charge on any atom is -0.345 e. The Kier molecular flexibility index (Phi) is 4.94. The lowest BCUT2D eigenvalue weighted by molar-refractivity contribution is -0.137. The Morgan fingerprint density at radius 3 is 2.62 bits per heavy atom. The van der Waals surface area contributed by atoms with Gasteiger partial charge in [-0.2, -0.15) is 0 Å². The first-order valence-corrected chi connectivity index (χ1v) is 7.35. The lowest BCUT2D eigenvalue weighted by Crippen LogP contribution is -2.45. The van der Waals surface area contributed by atoms with Gasteiger partial charge in [0.2, 0.25) is 0 Å². The molecule has 2 N–H and O–H groups in total. The number of carbonyl (C=O) groups excluding carboxylic acids is 2. The summed E-state index contributed by atoms with van der Waals surface area (Å²) in [7, 11) is 0. The first-order chi connectivity index (χ1) is 9.97. The Hall–Kier alpha value is -1.91. The van der Waals surface area contributed by atoms with Gasteiger partial charge < -0.3 is 10.6 Å². The summed E-state index contributed by atoms with van der Waals surface area (Å²) in [4.78, 5) is 23.9. The fourth-order valence-corrected chi connectivity index (χ4v) is 2.67. The molecular weight excluding hydrogens is 271 g/mol. The number of benzene rings is 1. The third-order valence-corrected chi connectivity index (χ3v) is 4.08. The molecule has 21 heavy (non-hydrogen) atoms. The Morgan fingerprint density at radius 1 is 1.19 bits per heavy atom. The molecule has 0 bridgehead atoms. The third-order valence-electron chi connectivity index (χ3n) is 4.08. The van der Waals surface area contributed by atoms with Crippen LogP contribution in [0.4, 0.5) is 10.1 Å². The largest absolute Gasteiger partial charge is 0.345 e. The van der Waals surface area contributed by atoms with Crippen molar-refractivity contribution in [3.05, 3.63) is 29.6 Å². The second-order valence-electron chi connectivity index (χ2n) is 5.76. The summed E-state index contributed by atoms with van der Waals surface area (Å²) >= 11 is 0. The minimum absolute atomic E-state index is 0.0469. The van der Waals surface area contributed by atoms with Gasteiger partial charge in [-0.1, -0.05) is 25.8 Å². The molecule has 1 aromatic carbocycles. The number of hydrogen-bond donors (Lipinski definition) is 2. The molecule has 1 fully saturated rings. The van der Waals surface area contributed by atoms with Gasteiger partial charge in [-0.3, -0.25) is 9.59 Å². The predicted octanol–water partition coefficient (Wildman–Crippen LogP) is 2.77. The van der Waals surface area contributed by atoms with Gasteiger partial charge in [-0.05, 0) is 43.4 Å². The number of amides is 2. The summed E-state index contributed by atoms with van der Waals surface area (Å²) in [5.41, 5.74) is 1.04. The van der Waals surface area contributed by atoms with Gasteiger partial charge in [0, 0.05) is 11.7 Å². The monoisotopic (exact) mass is 292 g/mol. The molecule has 114 valence electrons. The zero-order valence-electron chi connectivity index (χ0n) is 12.4. The van der Waals surface area contributed by atoms with E-state index in [1.165, 1.54) is 18.6 Å². The van der Waals surface area contributed by atoms with E-state index in [1.807, 2.05) is 0 Å². The van der Waals surface area contributed by atoms with E-state index in [0.29, 0.717) is 17.2 Å². The summed E-state index contributed by atoms with van der Waals surface area (Å²) < 4.78 is 13.2. The number of carbonyl (C=O) groups is 2. The molecule has 0 unspecified atom stereocenters. The quantitative estimate of drug-likeness (QED) is 0.823. The van der Waals surface area contributed by atoms with Crippen LogP contribution in [0.25, 0.3) is 0 Å². The third kappa shape index (κ3) is 4.03. The van der Waals surface area contributed by atoms with Crippen molar-refractivity contribution in [1.29, 1.82) is 0 Å². The van der Waals surface area contributed by atoms with Crippen LogP contribution in [0.2, 0.25) is 0 Å². The van der Waals surface area contributed by atoms with Crippen molar-refractivity contribution in [2.24, 2.45) is 5.92 Å². The minimum atomic E-state index is -0.749. The molecular formula is C16H21FN2O2. The first-order valence-electron chi connectivity index (χ1n) is 7.35. The fourth-order valence-electron chi connectivity index (χ4n) is 2.67. The Morgan fingerprint density at radius 2 is 1.90 bits per heavy atom. The fraction of sp³-hybridized carbons (Fsp3) is 0.500. The Balaban J connectivity index is 1.96. The molecule has 5 heteroatoms. The molecule has 2 amide bonds. The van der Waals surface area contributed by atoms with Crippen molar-refractivity contribution in [2.45, 2.75) is 45.6 Å². The van der Waals surface area contributed by atoms with E-state index >= 15 is 0 Å². The average molecular weight is 292 g/mol. The van der Waals surface area contributed by atoms with Gasteiger partial charge >= 0.3 is 11.8 Å². The maximum absolute atomic E-state index is 13.2. The van der Waals surface area contributed by atoms with Crippen LogP contribution in [-0.2, 0) is 9.59 Å². The molecule has 1 aliphatic carbocycles. The van der Waals surface area contributed by atoms with Crippen LogP contribution in [0.3, 0.4) is 0 Å². The normalized spacial score (nSPS) is 21.7. The van der Waals surface area contributed by atoms with Crippen molar-refractivity contribution in [1.82, 2.24) is 5.32 Å². The van der Waals surface area contributed by atoms with Crippen molar-refractivity contribution in [3.63, 3.8) is 0 Å². The first kappa shape index (κ1) is 15.5. The molecule has 1 aliphatic rings. The van der Waals surface area contributed by atoms with Crippen molar-refractivity contribution >= 4 is 17.5 Å². The second kappa shape index (κ2) is 6.70. The van der Waals surface area contributed by atoms with Gasteiger partial charge in [0.25, 0.3) is 0 Å². The molecule has 1 aromatic rings. The molecule has 0 aliphatic heterocycles. The summed E-state index contributed by atoms with van der Waals surface area (Å²) in [6.07, 6.45) is 4.21. The van der Waals surface area contributed by atoms with E-state index in [4.69, 9.17) is 0 Å². The highest BCUT2D eigenvalue weighted by atomic mass is 19.1. The second-order valence-corrected chi connectivity index (χ2v) is 5.76. The molecule has 0 aromatic heterocycles. The number of rotatable bonds is 2. The molecule has 0 heterocycles. The zero-order valence-corrected chi connectivity index (χ0v) is 12.4. The Bertz CT molecular complexity index is 545. The van der Waals surface area contributed by atoms with E-state index in [1.54, 1.807) is 13.0 Å². The van der Waals surface area contributed by atoms with Crippen molar-refractivity contribution in [2.75, 3.05) is 5.32 Å². The lowest BCUT2D eigenvalue weighted by Gasteiger charge is -2.29. The number of halogens is 1. The van der Waals surface area contributed by atoms with Gasteiger partial charge in [-0.25, -0.2) is 4.39 Å². The highest BCUT2D eigenvalue weighted by Crippen LogP contribution is 2.23. The SMILES string of the molecule is Cc1ccc(F)cc1NC(=O)C(=O)N[C@H]1CCCC[C@H]1C. The van der Waals surface area contributed by atoms with E-state index in [2.05, 4.69) is 17.6 Å². The van der Waals surface area contributed by atoms with Gasteiger partial charge in [-0.15, -0.1) is 0 Å². The number of anilines is 1. The van der Waals surface area contributed by atoms with E-state index in [0.717, 1.165) is 19.3 Å². The maximum Gasteiger partial charge on any atom is 0.313 e. The van der Waals surface area contributed by atoms with Crippen molar-refractivity contribution < 1.29 is 14.0 Å². The highest BCUT2D eigenvalue weighted by molar-refractivity contribution is 6.39. The number of aryl methyl sites for hydroxylation is 1. The molecule has 2 atom stereocenters. The van der Waals surface area contributed by atoms with Crippen LogP contribution in [0.1, 0.15) is 38.2 Å². The predicted molar refractivity (Wildman–Crippen MR) is 79.3 cm³/mol. The van der Waals surface area contributed by atoms with Crippen LogP contribution in [0, 0.1) is 18.7 Å². The topological polar surface area (TPSA) is 58.2 Å². The Labute approximate surface area is 124 Å². The van der Waals surface area contributed by atoms with E-state index in [-0.39, 0.29) is 6.04 Å².